The molecule has 2 N–H and O–H groups in total. The Kier molecular flexibility index (Phi) is 10.5. The van der Waals surface area contributed by atoms with E-state index in [9.17, 15) is 9.59 Å². The van der Waals surface area contributed by atoms with Crippen molar-refractivity contribution in [2.24, 2.45) is 0 Å². The number of para-hydroxylation sites is 4. The number of hydrogen-bond donors (Lipinski definition) is 1. The minimum atomic E-state index is -0.396. The van der Waals surface area contributed by atoms with Crippen molar-refractivity contribution in [2.45, 2.75) is 0 Å². The predicted molar refractivity (Wildman–Crippen MR) is 176 cm³/mol. The monoisotopic (exact) mass is 669 g/mol. The Labute approximate surface area is 278 Å². The second kappa shape index (κ2) is 15.1. The SMILES string of the molecule is Nc1ncnc(Cl)c1C(=O)c1ccccc1Oc1ccccc1.O=C(c1ccccc1Oc1ccccc1)c1c(Cl)ncnc1Cl. The van der Waals surface area contributed by atoms with Crippen LogP contribution in [-0.4, -0.2) is 31.5 Å². The van der Waals surface area contributed by atoms with E-state index in [0.29, 0.717) is 34.1 Å². The second-order valence-electron chi connectivity index (χ2n) is 9.24. The van der Waals surface area contributed by atoms with E-state index < -0.39 is 5.78 Å². The lowest BCUT2D eigenvalue weighted by Gasteiger charge is -2.11. The highest BCUT2D eigenvalue weighted by molar-refractivity contribution is 6.39. The summed E-state index contributed by atoms with van der Waals surface area (Å²) in [7, 11) is 0. The van der Waals surface area contributed by atoms with Gasteiger partial charge in [-0.25, -0.2) is 19.9 Å². The molecule has 0 aliphatic rings. The maximum absolute atomic E-state index is 12.8. The first-order chi connectivity index (χ1) is 22.3. The number of hydrogen-bond acceptors (Lipinski definition) is 9. The molecule has 0 fully saturated rings. The van der Waals surface area contributed by atoms with Gasteiger partial charge in [-0.1, -0.05) is 95.5 Å². The lowest BCUT2D eigenvalue weighted by atomic mass is 10.0. The average Bonchev–Trinajstić information content (AvgIpc) is 3.06. The number of rotatable bonds is 8. The van der Waals surface area contributed by atoms with E-state index in [2.05, 4.69) is 19.9 Å². The first-order valence-corrected chi connectivity index (χ1v) is 14.6. The maximum atomic E-state index is 12.8. The number of nitrogens with two attached hydrogens (primary N) is 1. The van der Waals surface area contributed by atoms with Crippen LogP contribution >= 0.6 is 34.8 Å². The Bertz CT molecular complexity index is 1810. The summed E-state index contributed by atoms with van der Waals surface area (Å²) in [6.07, 6.45) is 2.41. The van der Waals surface area contributed by atoms with Crippen LogP contribution in [0.3, 0.4) is 0 Å². The molecule has 0 spiro atoms. The number of ketones is 2. The van der Waals surface area contributed by atoms with Crippen molar-refractivity contribution >= 4 is 52.2 Å². The highest BCUT2D eigenvalue weighted by Gasteiger charge is 2.23. The number of carbonyl (C=O) groups is 2. The van der Waals surface area contributed by atoms with E-state index in [1.807, 2.05) is 36.4 Å². The van der Waals surface area contributed by atoms with Gasteiger partial charge in [0.25, 0.3) is 0 Å². The molecule has 12 heteroatoms. The van der Waals surface area contributed by atoms with E-state index >= 15 is 0 Å². The largest absolute Gasteiger partial charge is 0.457 e. The van der Waals surface area contributed by atoms with Crippen LogP contribution in [0.15, 0.2) is 122 Å². The number of anilines is 1. The van der Waals surface area contributed by atoms with Gasteiger partial charge >= 0.3 is 0 Å². The molecule has 0 unspecified atom stereocenters. The Morgan fingerprint density at radius 3 is 1.33 bits per heavy atom. The van der Waals surface area contributed by atoms with E-state index in [1.54, 1.807) is 72.8 Å². The predicted octanol–water partition coefficient (Wildman–Crippen LogP) is 8.54. The smallest absolute Gasteiger partial charge is 0.203 e. The van der Waals surface area contributed by atoms with Crippen LogP contribution in [0.2, 0.25) is 15.5 Å². The zero-order chi connectivity index (χ0) is 32.5. The number of nitrogen functional groups attached to an aromatic ring is 1. The average molecular weight is 671 g/mol. The number of carbonyl (C=O) groups excluding carboxylic acids is 2. The first-order valence-electron chi connectivity index (χ1n) is 13.5. The molecule has 0 atom stereocenters. The van der Waals surface area contributed by atoms with Gasteiger partial charge in [-0.2, -0.15) is 0 Å². The first kappa shape index (κ1) is 32.1. The summed E-state index contributed by atoms with van der Waals surface area (Å²) in [6.45, 7) is 0. The molecular formula is C34H22Cl3N5O4. The lowest BCUT2D eigenvalue weighted by Crippen LogP contribution is -2.10. The molecular weight excluding hydrogens is 649 g/mol. The van der Waals surface area contributed by atoms with E-state index in [4.69, 9.17) is 50.0 Å². The van der Waals surface area contributed by atoms with Crippen molar-refractivity contribution in [2.75, 3.05) is 5.73 Å². The fourth-order valence-corrected chi connectivity index (χ4v) is 4.82. The van der Waals surface area contributed by atoms with Crippen molar-refractivity contribution < 1.29 is 19.1 Å². The number of nitrogens with zero attached hydrogens (tertiary/aromatic N) is 4. The number of aromatic nitrogens is 4. The minimum Gasteiger partial charge on any atom is -0.457 e. The van der Waals surface area contributed by atoms with E-state index in [1.165, 1.54) is 12.7 Å². The van der Waals surface area contributed by atoms with Gasteiger partial charge in [-0.05, 0) is 48.5 Å². The van der Waals surface area contributed by atoms with Crippen molar-refractivity contribution in [1.29, 1.82) is 0 Å². The van der Waals surface area contributed by atoms with Crippen molar-refractivity contribution in [3.05, 3.63) is 160 Å². The molecule has 228 valence electrons. The van der Waals surface area contributed by atoms with Crippen LogP contribution < -0.4 is 15.2 Å². The maximum Gasteiger partial charge on any atom is 0.203 e. The minimum absolute atomic E-state index is 0.00418. The molecule has 46 heavy (non-hydrogen) atoms. The summed E-state index contributed by atoms with van der Waals surface area (Å²) in [6, 6.07) is 32.1. The van der Waals surface area contributed by atoms with Gasteiger partial charge in [0.2, 0.25) is 11.6 Å². The number of benzene rings is 4. The highest BCUT2D eigenvalue weighted by Crippen LogP contribution is 2.31. The van der Waals surface area contributed by atoms with Crippen LogP contribution in [0, 0.1) is 0 Å². The Balaban J connectivity index is 0.000000181. The number of ether oxygens (including phenoxy) is 2. The third kappa shape index (κ3) is 7.65. The zero-order valence-corrected chi connectivity index (χ0v) is 25.9. The summed E-state index contributed by atoms with van der Waals surface area (Å²) >= 11 is 18.0. The van der Waals surface area contributed by atoms with Crippen LogP contribution in [0.25, 0.3) is 0 Å². The molecule has 4 aromatic carbocycles. The Morgan fingerprint density at radius 1 is 0.500 bits per heavy atom. The Morgan fingerprint density at radius 2 is 0.870 bits per heavy atom. The molecule has 0 radical (unpaired) electrons. The standard InChI is InChI=1S/C17H10Cl2N2O2.C17H12ClN3O2/c2*18-16-14(17(19)21-10-20-16)15(22)12-8-4-5-9-13(12)23-11-6-2-1-3-7-11/h1-10H;1-10H,(H2,19,20,21). The van der Waals surface area contributed by atoms with Crippen LogP contribution in [-0.2, 0) is 0 Å². The fourth-order valence-electron chi connectivity index (χ4n) is 4.11. The second-order valence-corrected chi connectivity index (χ2v) is 10.3. The highest BCUT2D eigenvalue weighted by atomic mass is 35.5. The molecule has 6 rings (SSSR count). The number of halogens is 3. The van der Waals surface area contributed by atoms with Crippen LogP contribution in [0.5, 0.6) is 23.0 Å². The van der Waals surface area contributed by atoms with Crippen molar-refractivity contribution in [1.82, 2.24) is 19.9 Å². The van der Waals surface area contributed by atoms with Gasteiger partial charge in [0.1, 0.15) is 62.5 Å². The van der Waals surface area contributed by atoms with E-state index in [0.717, 1.165) is 0 Å². The summed E-state index contributed by atoms with van der Waals surface area (Å²) in [5.41, 5.74) is 6.55. The molecule has 0 bridgehead atoms. The van der Waals surface area contributed by atoms with Crippen molar-refractivity contribution in [3.63, 3.8) is 0 Å². The molecule has 0 aliphatic carbocycles. The van der Waals surface area contributed by atoms with Crippen LogP contribution in [0.1, 0.15) is 31.8 Å². The summed E-state index contributed by atoms with van der Waals surface area (Å²) in [5, 5.41) is 0.0195. The third-order valence-corrected chi connectivity index (χ3v) is 7.10. The molecule has 0 saturated carbocycles. The molecule has 2 heterocycles. The lowest BCUT2D eigenvalue weighted by molar-refractivity contribution is 0.102. The summed E-state index contributed by atoms with van der Waals surface area (Å²) in [5.74, 6) is 1.30. The topological polar surface area (TPSA) is 130 Å². The third-order valence-electron chi connectivity index (χ3n) is 6.24. The van der Waals surface area contributed by atoms with Gasteiger partial charge in [0, 0.05) is 0 Å². The van der Waals surface area contributed by atoms with Gasteiger partial charge in [-0.15, -0.1) is 0 Å². The van der Waals surface area contributed by atoms with Crippen molar-refractivity contribution in [3.8, 4) is 23.0 Å². The molecule has 0 saturated heterocycles. The van der Waals surface area contributed by atoms with E-state index in [-0.39, 0.29) is 38.2 Å². The molecule has 9 nitrogen and oxygen atoms in total. The molecule has 6 aromatic rings. The van der Waals surface area contributed by atoms with Gasteiger partial charge in [0.05, 0.1) is 16.7 Å². The zero-order valence-electron chi connectivity index (χ0n) is 23.7. The van der Waals surface area contributed by atoms with Gasteiger partial charge < -0.3 is 15.2 Å². The molecule has 0 aliphatic heterocycles. The Hall–Kier alpha value is -5.35. The van der Waals surface area contributed by atoms with Gasteiger partial charge in [-0.3, -0.25) is 9.59 Å². The summed E-state index contributed by atoms with van der Waals surface area (Å²) < 4.78 is 11.6. The van der Waals surface area contributed by atoms with Gasteiger partial charge in [0.15, 0.2) is 0 Å². The molecule has 2 aromatic heterocycles. The van der Waals surface area contributed by atoms with Crippen LogP contribution in [0.4, 0.5) is 5.82 Å². The summed E-state index contributed by atoms with van der Waals surface area (Å²) in [4.78, 5) is 40.8. The normalized spacial score (nSPS) is 10.3. The molecule has 0 amide bonds. The quantitative estimate of drug-likeness (QED) is 0.125. The fraction of sp³-hybridized carbons (Fsp3) is 0.